The highest BCUT2D eigenvalue weighted by molar-refractivity contribution is 5.79. The summed E-state index contributed by atoms with van der Waals surface area (Å²) in [5, 5.41) is 2.94. The quantitative estimate of drug-likeness (QED) is 0.927. The molecule has 0 spiro atoms. The van der Waals surface area contributed by atoms with Gasteiger partial charge in [0.25, 0.3) is 0 Å². The van der Waals surface area contributed by atoms with Gasteiger partial charge in [-0.2, -0.15) is 0 Å². The first-order valence-electron chi connectivity index (χ1n) is 7.42. The van der Waals surface area contributed by atoms with E-state index in [1.165, 1.54) is 13.2 Å². The number of nitrogens with one attached hydrogen (secondary N) is 1. The number of carbonyl (C=O) groups excluding carboxylic acids is 1. The molecule has 3 rings (SSSR count). The van der Waals surface area contributed by atoms with Crippen molar-refractivity contribution in [2.45, 2.75) is 38.3 Å². The third-order valence-electron chi connectivity index (χ3n) is 4.68. The molecule has 5 heteroatoms. The standard InChI is InChI=1S/C16H21FN2O2/c1-10(2)16(9-18-15(20)19(16)12-5-6-12)11-4-7-14(21-3)13(17)8-11/h4,7-8,10,12H,5-6,9H2,1-3H3,(H,18,20). The van der Waals surface area contributed by atoms with Gasteiger partial charge < -0.3 is 15.0 Å². The van der Waals surface area contributed by atoms with Crippen molar-refractivity contribution < 1.29 is 13.9 Å². The van der Waals surface area contributed by atoms with E-state index in [1.54, 1.807) is 6.07 Å². The molecule has 1 saturated carbocycles. The second-order valence-corrected chi connectivity index (χ2v) is 6.19. The molecule has 1 atom stereocenters. The monoisotopic (exact) mass is 292 g/mol. The topological polar surface area (TPSA) is 41.6 Å². The van der Waals surface area contributed by atoms with Gasteiger partial charge in [0.15, 0.2) is 11.6 Å². The molecule has 1 aliphatic heterocycles. The average Bonchev–Trinajstić information content (AvgIpc) is 3.21. The fourth-order valence-electron chi connectivity index (χ4n) is 3.38. The lowest BCUT2D eigenvalue weighted by molar-refractivity contribution is 0.107. The van der Waals surface area contributed by atoms with Crippen LogP contribution in [0.2, 0.25) is 0 Å². The molecule has 0 aromatic heterocycles. The maximum absolute atomic E-state index is 14.1. The normalized spacial score (nSPS) is 25.4. The predicted octanol–water partition coefficient (Wildman–Crippen LogP) is 2.87. The molecule has 1 aromatic carbocycles. The van der Waals surface area contributed by atoms with Crippen LogP contribution in [0.4, 0.5) is 9.18 Å². The molecule has 114 valence electrons. The fraction of sp³-hybridized carbons (Fsp3) is 0.562. The van der Waals surface area contributed by atoms with Crippen molar-refractivity contribution in [1.29, 1.82) is 0 Å². The number of benzene rings is 1. The van der Waals surface area contributed by atoms with Gasteiger partial charge in [0.05, 0.1) is 12.6 Å². The van der Waals surface area contributed by atoms with Gasteiger partial charge in [0.2, 0.25) is 0 Å². The van der Waals surface area contributed by atoms with Crippen LogP contribution in [-0.2, 0) is 5.54 Å². The zero-order valence-electron chi connectivity index (χ0n) is 12.6. The maximum Gasteiger partial charge on any atom is 0.318 e. The lowest BCUT2D eigenvalue weighted by atomic mass is 9.79. The van der Waals surface area contributed by atoms with Crippen molar-refractivity contribution in [2.24, 2.45) is 5.92 Å². The predicted molar refractivity (Wildman–Crippen MR) is 77.7 cm³/mol. The average molecular weight is 292 g/mol. The highest BCUT2D eigenvalue weighted by Gasteiger charge is 2.54. The first-order chi connectivity index (χ1) is 10.0. The van der Waals surface area contributed by atoms with Crippen LogP contribution in [0.1, 0.15) is 32.3 Å². The van der Waals surface area contributed by atoms with E-state index < -0.39 is 5.54 Å². The third kappa shape index (κ3) is 2.06. The van der Waals surface area contributed by atoms with Crippen LogP contribution in [0.5, 0.6) is 5.75 Å². The van der Waals surface area contributed by atoms with E-state index in [4.69, 9.17) is 4.74 Å². The number of nitrogens with zero attached hydrogens (tertiary/aromatic N) is 1. The fourth-order valence-corrected chi connectivity index (χ4v) is 3.38. The Morgan fingerprint density at radius 1 is 1.43 bits per heavy atom. The molecule has 1 aromatic rings. The molecular formula is C16H21FN2O2. The van der Waals surface area contributed by atoms with Crippen LogP contribution >= 0.6 is 0 Å². The van der Waals surface area contributed by atoms with E-state index in [9.17, 15) is 9.18 Å². The zero-order chi connectivity index (χ0) is 15.2. The molecule has 1 unspecified atom stereocenters. The lowest BCUT2D eigenvalue weighted by Gasteiger charge is -2.41. The van der Waals surface area contributed by atoms with Gasteiger partial charge in [0, 0.05) is 12.6 Å². The van der Waals surface area contributed by atoms with Gasteiger partial charge in [-0.15, -0.1) is 0 Å². The molecule has 1 heterocycles. The van der Waals surface area contributed by atoms with Crippen LogP contribution < -0.4 is 10.1 Å². The molecule has 1 saturated heterocycles. The Morgan fingerprint density at radius 2 is 2.14 bits per heavy atom. The van der Waals surface area contributed by atoms with Crippen molar-refractivity contribution in [2.75, 3.05) is 13.7 Å². The first kappa shape index (κ1) is 14.2. The van der Waals surface area contributed by atoms with E-state index in [2.05, 4.69) is 19.2 Å². The largest absolute Gasteiger partial charge is 0.494 e. The highest BCUT2D eigenvalue weighted by atomic mass is 19.1. The summed E-state index contributed by atoms with van der Waals surface area (Å²) in [7, 11) is 1.45. The molecule has 0 bridgehead atoms. The van der Waals surface area contributed by atoms with E-state index in [1.807, 2.05) is 11.0 Å². The number of urea groups is 1. The summed E-state index contributed by atoms with van der Waals surface area (Å²) in [5.74, 6) is 0.0304. The summed E-state index contributed by atoms with van der Waals surface area (Å²) in [5.41, 5.74) is 0.354. The molecule has 1 aliphatic carbocycles. The van der Waals surface area contributed by atoms with Crippen molar-refractivity contribution in [3.63, 3.8) is 0 Å². The van der Waals surface area contributed by atoms with E-state index in [0.29, 0.717) is 6.54 Å². The van der Waals surface area contributed by atoms with Gasteiger partial charge in [-0.05, 0) is 36.5 Å². The number of ether oxygens (including phenoxy) is 1. The molecule has 2 aliphatic rings. The van der Waals surface area contributed by atoms with Crippen LogP contribution in [0.25, 0.3) is 0 Å². The van der Waals surface area contributed by atoms with E-state index in [-0.39, 0.29) is 29.6 Å². The number of carbonyl (C=O) groups is 1. The second-order valence-electron chi connectivity index (χ2n) is 6.19. The van der Waals surface area contributed by atoms with Gasteiger partial charge in [-0.1, -0.05) is 19.9 Å². The van der Waals surface area contributed by atoms with Crippen molar-refractivity contribution >= 4 is 6.03 Å². The van der Waals surface area contributed by atoms with Crippen LogP contribution in [-0.4, -0.2) is 30.6 Å². The molecule has 0 radical (unpaired) electrons. The minimum atomic E-state index is -0.481. The summed E-state index contributed by atoms with van der Waals surface area (Å²) >= 11 is 0. The Morgan fingerprint density at radius 3 is 2.67 bits per heavy atom. The van der Waals surface area contributed by atoms with E-state index >= 15 is 0 Å². The number of amides is 2. The Balaban J connectivity index is 2.09. The minimum absolute atomic E-state index is 0.0394. The number of hydrogen-bond donors (Lipinski definition) is 1. The van der Waals surface area contributed by atoms with Crippen molar-refractivity contribution in [1.82, 2.24) is 10.2 Å². The van der Waals surface area contributed by atoms with Gasteiger partial charge >= 0.3 is 6.03 Å². The lowest BCUT2D eigenvalue weighted by Crippen LogP contribution is -2.49. The van der Waals surface area contributed by atoms with Gasteiger partial charge in [-0.3, -0.25) is 0 Å². The van der Waals surface area contributed by atoms with Crippen LogP contribution in [0.15, 0.2) is 18.2 Å². The van der Waals surface area contributed by atoms with Gasteiger partial charge in [-0.25, -0.2) is 9.18 Å². The Bertz CT molecular complexity index is 571. The first-order valence-corrected chi connectivity index (χ1v) is 7.42. The summed E-state index contributed by atoms with van der Waals surface area (Å²) in [6.45, 7) is 4.68. The molecule has 21 heavy (non-hydrogen) atoms. The summed E-state index contributed by atoms with van der Waals surface area (Å²) in [6, 6.07) is 5.26. The summed E-state index contributed by atoms with van der Waals surface area (Å²) in [4.78, 5) is 14.2. The maximum atomic E-state index is 14.1. The van der Waals surface area contributed by atoms with Crippen LogP contribution in [0, 0.1) is 11.7 Å². The Kier molecular flexibility index (Phi) is 3.30. The number of halogens is 1. The minimum Gasteiger partial charge on any atom is -0.494 e. The second kappa shape index (κ2) is 4.90. The number of hydrogen-bond acceptors (Lipinski definition) is 2. The van der Waals surface area contributed by atoms with Crippen molar-refractivity contribution in [3.8, 4) is 5.75 Å². The molecule has 2 fully saturated rings. The smallest absolute Gasteiger partial charge is 0.318 e. The number of methoxy groups -OCH3 is 1. The third-order valence-corrected chi connectivity index (χ3v) is 4.68. The molecular weight excluding hydrogens is 271 g/mol. The van der Waals surface area contributed by atoms with Crippen molar-refractivity contribution in [3.05, 3.63) is 29.6 Å². The summed E-state index contributed by atoms with van der Waals surface area (Å²) < 4.78 is 19.1. The Hall–Kier alpha value is -1.78. The molecule has 1 N–H and O–H groups in total. The van der Waals surface area contributed by atoms with Crippen LogP contribution in [0.3, 0.4) is 0 Å². The Labute approximate surface area is 124 Å². The zero-order valence-corrected chi connectivity index (χ0v) is 12.6. The van der Waals surface area contributed by atoms with E-state index in [0.717, 1.165) is 18.4 Å². The highest BCUT2D eigenvalue weighted by Crippen LogP contribution is 2.46. The molecule has 2 amide bonds. The SMILES string of the molecule is COc1ccc(C2(C(C)C)CNC(=O)N2C2CC2)cc1F. The molecule has 4 nitrogen and oxygen atoms in total. The van der Waals surface area contributed by atoms with Gasteiger partial charge in [0.1, 0.15) is 0 Å². The number of rotatable bonds is 4. The summed E-state index contributed by atoms with van der Waals surface area (Å²) in [6.07, 6.45) is 2.06.